The van der Waals surface area contributed by atoms with Crippen molar-refractivity contribution in [2.24, 2.45) is 0 Å². The first kappa shape index (κ1) is 72.7. The normalized spacial score (nSPS) is 11.8. The molecule has 0 aliphatic heterocycles. The second-order valence-electron chi connectivity index (χ2n) is 32.7. The fraction of sp³-hybridized carbons (Fsp3) is 0. The SMILES string of the molecule is c1cc(-c2ccc(-c3ccc4c(c3)c3ccccc3c3nccnc43)cc2)cc(-c2ccc3oc4ccccc4c3c2)c1.c1ccc2c(c1)oc1ccc(-c3ccc(-c4ccc(-c5ccc6c(c5)c5ccccc5c5nccnc65)cc4)cc3)cc12.c1ccc2c(c1)oc1ccc(-c3ccc4ccc(-c5ccc6c(c5)c5ccccc5c5nccnc65)cc4c3)cc12. The number of aromatic nitrogens is 6. The van der Waals surface area contributed by atoms with Gasteiger partial charge in [0.2, 0.25) is 0 Å². The Balaban J connectivity index is 0.000000104. The summed E-state index contributed by atoms with van der Waals surface area (Å²) in [5.74, 6) is 0. The second-order valence-corrected chi connectivity index (χ2v) is 32.7. The highest BCUT2D eigenvalue weighted by atomic mass is 16.3. The summed E-state index contributed by atoms with van der Waals surface area (Å²) >= 11 is 0. The molecule has 0 fully saturated rings. The van der Waals surface area contributed by atoms with Crippen LogP contribution in [0.25, 0.3) is 263 Å². The van der Waals surface area contributed by atoms with E-state index < -0.39 is 0 Å². The van der Waals surface area contributed by atoms with Crippen molar-refractivity contribution >= 4 is 174 Å². The van der Waals surface area contributed by atoms with Crippen LogP contribution in [0.5, 0.6) is 0 Å². The molecule has 21 aromatic carbocycles. The predicted octanol–water partition coefficient (Wildman–Crippen LogP) is 32.0. The summed E-state index contributed by atoms with van der Waals surface area (Å²) in [6.07, 6.45) is 10.6. The zero-order valence-corrected chi connectivity index (χ0v) is 68.3. The van der Waals surface area contributed by atoms with Crippen molar-refractivity contribution < 1.29 is 13.3 Å². The van der Waals surface area contributed by atoms with Gasteiger partial charge in [-0.25, -0.2) is 0 Å². The van der Waals surface area contributed by atoms with Gasteiger partial charge in [0.15, 0.2) is 0 Å². The Morgan fingerprint density at radius 1 is 0.118 bits per heavy atom. The lowest BCUT2D eigenvalue weighted by Crippen LogP contribution is -1.89. The van der Waals surface area contributed by atoms with Crippen LogP contribution in [0.15, 0.2) is 439 Å². The Labute approximate surface area is 727 Å². The highest BCUT2D eigenvalue weighted by molar-refractivity contribution is 6.26. The Hall–Kier alpha value is -17.1. The molecule has 6 aromatic heterocycles. The van der Waals surface area contributed by atoms with Gasteiger partial charge in [0, 0.05) is 102 Å². The molecular weight excluding hydrogens is 1550 g/mol. The lowest BCUT2D eigenvalue weighted by molar-refractivity contribution is 0.668. The van der Waals surface area contributed by atoms with E-state index in [-0.39, 0.29) is 0 Å². The Kier molecular flexibility index (Phi) is 17.1. The van der Waals surface area contributed by atoms with Gasteiger partial charge in [0.05, 0.1) is 33.1 Å². The van der Waals surface area contributed by atoms with Crippen LogP contribution in [-0.2, 0) is 0 Å². The topological polar surface area (TPSA) is 117 Å². The van der Waals surface area contributed by atoms with Gasteiger partial charge in [-0.1, -0.05) is 297 Å². The molecular formula is C118H70N6O3. The fourth-order valence-electron chi connectivity index (χ4n) is 19.2. The van der Waals surface area contributed by atoms with Crippen molar-refractivity contribution in [3.05, 3.63) is 425 Å². The summed E-state index contributed by atoms with van der Waals surface area (Å²) in [6.45, 7) is 0. The Morgan fingerprint density at radius 3 is 0.638 bits per heavy atom. The average molecular weight is 1620 g/mol. The Morgan fingerprint density at radius 2 is 0.323 bits per heavy atom. The molecule has 0 N–H and O–H groups in total. The van der Waals surface area contributed by atoms with Gasteiger partial charge in [-0.3, -0.25) is 29.9 Å². The lowest BCUT2D eigenvalue weighted by atomic mass is 9.94. The van der Waals surface area contributed by atoms with Crippen LogP contribution in [0.1, 0.15) is 0 Å². The number of fused-ring (bicyclic) bond motifs is 28. The lowest BCUT2D eigenvalue weighted by Gasteiger charge is -2.11. The molecule has 27 rings (SSSR count). The standard InChI is InChI=1S/2C40H24N2O.C38H22N2O/c1-2-10-33-31(8-1)35-23-29(16-18-34(35)40-39(33)41-20-21-42-40)26-14-12-25(13-15-26)27-6-5-7-28(22-27)30-17-19-38-36(24-30)32-9-3-4-11-37(32)43-38;1-2-7-33-31(5-1)35-23-29(17-19-34(35)40-39(33)41-21-22-42-40)27-13-9-25(10-14-27)26-11-15-28(16-12-26)30-18-20-38-36(24-30)32-6-3-4-8-37(32)43-38;1-2-7-31-29(5-1)33-21-26(13-15-32(33)38-37(31)39-17-18-40-38)24-11-9-23-10-12-25(20-28(23)19-24)27-14-16-36-34(22-27)30-6-3-4-8-35(30)41-36/h2*1-24H;1-22H. The first-order chi connectivity index (χ1) is 62.9. The molecule has 127 heavy (non-hydrogen) atoms. The zero-order chi connectivity index (χ0) is 83.6. The third-order valence-corrected chi connectivity index (χ3v) is 25.5. The molecule has 6 heterocycles. The number of benzene rings is 21. The molecule has 9 heteroatoms. The Bertz CT molecular complexity index is 9060. The van der Waals surface area contributed by atoms with E-state index in [2.05, 4.69) is 372 Å². The number of para-hydroxylation sites is 3. The number of hydrogen-bond donors (Lipinski definition) is 0. The zero-order valence-electron chi connectivity index (χ0n) is 68.3. The van der Waals surface area contributed by atoms with Crippen LogP contribution in [0, 0.1) is 0 Å². The van der Waals surface area contributed by atoms with Gasteiger partial charge in [-0.05, 0) is 223 Å². The highest BCUT2D eigenvalue weighted by Crippen LogP contribution is 2.44. The minimum absolute atomic E-state index is 0.916. The maximum Gasteiger partial charge on any atom is 0.135 e. The number of furan rings is 3. The van der Waals surface area contributed by atoms with E-state index in [1.807, 2.05) is 36.4 Å². The summed E-state index contributed by atoms with van der Waals surface area (Å²) in [6, 6.07) is 138. The molecule has 0 unspecified atom stereocenters. The van der Waals surface area contributed by atoms with E-state index in [4.69, 9.17) is 23.2 Å². The summed E-state index contributed by atoms with van der Waals surface area (Å²) in [5, 5.41) is 23.3. The molecule has 0 aliphatic rings. The van der Waals surface area contributed by atoms with E-state index in [1.54, 1.807) is 37.2 Å². The second kappa shape index (κ2) is 29.9. The molecule has 0 spiro atoms. The van der Waals surface area contributed by atoms with E-state index in [1.165, 1.54) is 132 Å². The third-order valence-electron chi connectivity index (χ3n) is 25.5. The van der Waals surface area contributed by atoms with Crippen molar-refractivity contribution in [2.75, 3.05) is 0 Å². The quantitative estimate of drug-likeness (QED) is 0.137. The molecule has 0 saturated carbocycles. The van der Waals surface area contributed by atoms with Crippen LogP contribution in [-0.4, -0.2) is 29.9 Å². The predicted molar refractivity (Wildman–Crippen MR) is 526 cm³/mol. The molecule has 9 nitrogen and oxygen atoms in total. The molecule has 0 bridgehead atoms. The van der Waals surface area contributed by atoms with Gasteiger partial charge in [-0.15, -0.1) is 0 Å². The van der Waals surface area contributed by atoms with Gasteiger partial charge in [0.25, 0.3) is 0 Å². The number of nitrogens with zero attached hydrogens (tertiary/aromatic N) is 6. The van der Waals surface area contributed by atoms with E-state index in [0.717, 1.165) is 131 Å². The minimum atomic E-state index is 0.916. The minimum Gasteiger partial charge on any atom is -0.456 e. The van der Waals surface area contributed by atoms with Gasteiger partial charge in [0.1, 0.15) is 33.5 Å². The maximum atomic E-state index is 6.05. The van der Waals surface area contributed by atoms with Crippen LogP contribution in [0.4, 0.5) is 0 Å². The van der Waals surface area contributed by atoms with Crippen LogP contribution in [0.3, 0.4) is 0 Å². The highest BCUT2D eigenvalue weighted by Gasteiger charge is 2.19. The molecule has 590 valence electrons. The summed E-state index contributed by atoms with van der Waals surface area (Å²) in [5.41, 5.74) is 30.2. The van der Waals surface area contributed by atoms with Gasteiger partial charge < -0.3 is 13.3 Å². The van der Waals surface area contributed by atoms with Crippen LogP contribution in [0.2, 0.25) is 0 Å². The first-order valence-corrected chi connectivity index (χ1v) is 42.8. The molecule has 0 radical (unpaired) electrons. The van der Waals surface area contributed by atoms with Crippen LogP contribution >= 0.6 is 0 Å². The number of rotatable bonds is 8. The first-order valence-electron chi connectivity index (χ1n) is 42.8. The summed E-state index contributed by atoms with van der Waals surface area (Å²) < 4.78 is 18.1. The molecule has 0 atom stereocenters. The molecule has 0 saturated heterocycles. The largest absolute Gasteiger partial charge is 0.456 e. The average Bonchev–Trinajstić information content (AvgIpc) is 1.68. The van der Waals surface area contributed by atoms with Crippen molar-refractivity contribution in [2.45, 2.75) is 0 Å². The van der Waals surface area contributed by atoms with E-state index >= 15 is 0 Å². The van der Waals surface area contributed by atoms with E-state index in [9.17, 15) is 0 Å². The van der Waals surface area contributed by atoms with Gasteiger partial charge >= 0.3 is 0 Å². The molecule has 0 aliphatic carbocycles. The van der Waals surface area contributed by atoms with Crippen molar-refractivity contribution in [3.8, 4) is 89.0 Å². The smallest absolute Gasteiger partial charge is 0.135 e. The van der Waals surface area contributed by atoms with Crippen LogP contribution < -0.4 is 0 Å². The molecule has 0 amide bonds. The van der Waals surface area contributed by atoms with Crippen molar-refractivity contribution in [1.29, 1.82) is 0 Å². The molecule has 27 aromatic rings. The fourth-order valence-corrected chi connectivity index (χ4v) is 19.2. The maximum absolute atomic E-state index is 6.05. The van der Waals surface area contributed by atoms with Crippen molar-refractivity contribution in [3.63, 3.8) is 0 Å². The number of hydrogen-bond acceptors (Lipinski definition) is 9. The van der Waals surface area contributed by atoms with E-state index in [0.29, 0.717) is 0 Å². The van der Waals surface area contributed by atoms with Gasteiger partial charge in [-0.2, -0.15) is 0 Å². The summed E-state index contributed by atoms with van der Waals surface area (Å²) in [7, 11) is 0. The third kappa shape index (κ3) is 12.6. The summed E-state index contributed by atoms with van der Waals surface area (Å²) in [4.78, 5) is 28.1. The van der Waals surface area contributed by atoms with Crippen molar-refractivity contribution in [1.82, 2.24) is 29.9 Å². The monoisotopic (exact) mass is 1620 g/mol.